The van der Waals surface area contributed by atoms with Crippen molar-refractivity contribution in [2.24, 2.45) is 5.73 Å². The van der Waals surface area contributed by atoms with Crippen LogP contribution in [-0.2, 0) is 12.8 Å². The quantitative estimate of drug-likeness (QED) is 0.795. The van der Waals surface area contributed by atoms with Crippen LogP contribution in [0.3, 0.4) is 0 Å². The lowest BCUT2D eigenvalue weighted by molar-refractivity contribution is 0.613. The molecule has 1 heterocycles. The Hall–Kier alpha value is -0.960. The van der Waals surface area contributed by atoms with E-state index in [1.165, 1.54) is 36.9 Å². The average molecular weight is 219 g/mol. The highest BCUT2D eigenvalue weighted by Crippen LogP contribution is 2.25. The van der Waals surface area contributed by atoms with Crippen molar-refractivity contribution in [2.75, 3.05) is 0 Å². The molecule has 0 radical (unpaired) electrons. The van der Waals surface area contributed by atoms with E-state index in [2.05, 4.69) is 16.9 Å². The lowest BCUT2D eigenvalue weighted by Gasteiger charge is -2.11. The summed E-state index contributed by atoms with van der Waals surface area (Å²) in [5, 5.41) is 0. The number of nitrogens with zero attached hydrogens (tertiary/aromatic N) is 2. The maximum Gasteiger partial charge on any atom is 0.128 e. The minimum atomic E-state index is 0.151. The third kappa shape index (κ3) is 2.59. The molecule has 0 fully saturated rings. The number of unbranched alkanes of at least 4 members (excludes halogenated alkanes) is 1. The second-order valence-corrected chi connectivity index (χ2v) is 4.64. The molecule has 0 aliphatic heterocycles. The molecule has 16 heavy (non-hydrogen) atoms. The summed E-state index contributed by atoms with van der Waals surface area (Å²) in [6.45, 7) is 2.19. The van der Waals surface area contributed by atoms with Gasteiger partial charge in [-0.15, -0.1) is 0 Å². The zero-order chi connectivity index (χ0) is 11.4. The van der Waals surface area contributed by atoms with Crippen LogP contribution in [0.1, 0.15) is 62.2 Å². The van der Waals surface area contributed by atoms with Crippen LogP contribution >= 0.6 is 0 Å². The maximum atomic E-state index is 6.12. The molecule has 0 saturated carbocycles. The lowest BCUT2D eigenvalue weighted by Crippen LogP contribution is -2.13. The van der Waals surface area contributed by atoms with Crippen LogP contribution in [0.2, 0.25) is 0 Å². The topological polar surface area (TPSA) is 51.8 Å². The summed E-state index contributed by atoms with van der Waals surface area (Å²) in [6, 6.07) is 0.151. The molecule has 0 aromatic carbocycles. The Morgan fingerprint density at radius 3 is 3.12 bits per heavy atom. The predicted octanol–water partition coefficient (Wildman–Crippen LogP) is 2.55. The molecular formula is C13H21N3. The van der Waals surface area contributed by atoms with E-state index >= 15 is 0 Å². The highest BCUT2D eigenvalue weighted by atomic mass is 14.9. The fourth-order valence-electron chi connectivity index (χ4n) is 2.25. The van der Waals surface area contributed by atoms with Crippen molar-refractivity contribution in [1.82, 2.24) is 9.97 Å². The largest absolute Gasteiger partial charge is 0.324 e. The van der Waals surface area contributed by atoms with Gasteiger partial charge in [-0.05, 0) is 25.7 Å². The first-order chi connectivity index (χ1) is 7.81. The molecule has 2 rings (SSSR count). The number of nitrogens with two attached hydrogens (primary N) is 1. The summed E-state index contributed by atoms with van der Waals surface area (Å²) >= 11 is 0. The van der Waals surface area contributed by atoms with E-state index in [9.17, 15) is 0 Å². The molecule has 3 heteroatoms. The molecule has 1 aromatic rings. The first-order valence-electron chi connectivity index (χ1n) is 6.41. The first-order valence-corrected chi connectivity index (χ1v) is 6.41. The number of rotatable bonds is 3. The maximum absolute atomic E-state index is 6.12. The Balaban J connectivity index is 2.19. The van der Waals surface area contributed by atoms with E-state index in [0.717, 1.165) is 25.1 Å². The average Bonchev–Trinajstić information content (AvgIpc) is 2.49. The molecule has 2 N–H and O–H groups in total. The van der Waals surface area contributed by atoms with Gasteiger partial charge in [-0.25, -0.2) is 9.97 Å². The minimum Gasteiger partial charge on any atom is -0.324 e. The number of aryl methyl sites for hydroxylation is 2. The summed E-state index contributed by atoms with van der Waals surface area (Å²) < 4.78 is 0. The Bertz CT molecular complexity index is 349. The molecule has 88 valence electrons. The highest BCUT2D eigenvalue weighted by molar-refractivity contribution is 5.22. The molecule has 0 saturated heterocycles. The zero-order valence-electron chi connectivity index (χ0n) is 10.1. The molecule has 1 aliphatic rings. The van der Waals surface area contributed by atoms with Gasteiger partial charge in [0.05, 0.1) is 0 Å². The van der Waals surface area contributed by atoms with E-state index in [1.54, 1.807) is 0 Å². The van der Waals surface area contributed by atoms with Crippen molar-refractivity contribution in [1.29, 1.82) is 0 Å². The normalized spacial score (nSPS) is 20.2. The third-order valence-corrected chi connectivity index (χ3v) is 3.28. The number of aromatic nitrogens is 2. The van der Waals surface area contributed by atoms with Gasteiger partial charge < -0.3 is 5.73 Å². The second kappa shape index (κ2) is 5.39. The third-order valence-electron chi connectivity index (χ3n) is 3.28. The van der Waals surface area contributed by atoms with Crippen LogP contribution in [0.25, 0.3) is 0 Å². The number of fused-ring (bicyclic) bond motifs is 1. The van der Waals surface area contributed by atoms with Gasteiger partial charge >= 0.3 is 0 Å². The van der Waals surface area contributed by atoms with E-state index < -0.39 is 0 Å². The van der Waals surface area contributed by atoms with Gasteiger partial charge in [0, 0.05) is 29.9 Å². The summed E-state index contributed by atoms with van der Waals surface area (Å²) in [4.78, 5) is 9.10. The van der Waals surface area contributed by atoms with Gasteiger partial charge in [0.25, 0.3) is 0 Å². The standard InChI is InChI=1S/C13H21N3/c1-2-3-8-13-15-9-10-11(14)6-4-5-7-12(10)16-13/h9,11H,2-8,14H2,1H3. The fourth-order valence-corrected chi connectivity index (χ4v) is 2.25. The Morgan fingerprint density at radius 2 is 2.31 bits per heavy atom. The van der Waals surface area contributed by atoms with E-state index in [0.29, 0.717) is 0 Å². The van der Waals surface area contributed by atoms with E-state index in [4.69, 9.17) is 5.73 Å². The van der Waals surface area contributed by atoms with Gasteiger partial charge in [0.1, 0.15) is 5.82 Å². The molecule has 0 bridgehead atoms. The Morgan fingerprint density at radius 1 is 1.44 bits per heavy atom. The van der Waals surface area contributed by atoms with Crippen LogP contribution in [0, 0.1) is 0 Å². The van der Waals surface area contributed by atoms with Crippen LogP contribution in [0.4, 0.5) is 0 Å². The van der Waals surface area contributed by atoms with Gasteiger partial charge in [-0.2, -0.15) is 0 Å². The van der Waals surface area contributed by atoms with E-state index in [1.807, 2.05) is 6.20 Å². The van der Waals surface area contributed by atoms with Crippen molar-refractivity contribution in [2.45, 2.75) is 57.9 Å². The molecule has 1 aliphatic carbocycles. The van der Waals surface area contributed by atoms with Crippen LogP contribution in [-0.4, -0.2) is 9.97 Å². The Labute approximate surface area is 97.5 Å². The summed E-state index contributed by atoms with van der Waals surface area (Å²) in [7, 11) is 0. The van der Waals surface area contributed by atoms with Crippen molar-refractivity contribution in [3.8, 4) is 0 Å². The van der Waals surface area contributed by atoms with E-state index in [-0.39, 0.29) is 6.04 Å². The minimum absolute atomic E-state index is 0.151. The van der Waals surface area contributed by atoms with Gasteiger partial charge in [0.15, 0.2) is 0 Å². The number of hydrogen-bond donors (Lipinski definition) is 1. The first kappa shape index (κ1) is 11.5. The molecule has 1 aromatic heterocycles. The predicted molar refractivity (Wildman–Crippen MR) is 65.1 cm³/mol. The van der Waals surface area contributed by atoms with Gasteiger partial charge in [-0.3, -0.25) is 0 Å². The monoisotopic (exact) mass is 219 g/mol. The summed E-state index contributed by atoms with van der Waals surface area (Å²) in [6.07, 6.45) is 9.90. The SMILES string of the molecule is CCCCc1ncc2c(n1)CCCCC2N. The molecule has 1 unspecified atom stereocenters. The van der Waals surface area contributed by atoms with Gasteiger partial charge in [-0.1, -0.05) is 19.8 Å². The number of hydrogen-bond acceptors (Lipinski definition) is 3. The molecule has 0 amide bonds. The Kier molecular flexibility index (Phi) is 3.88. The molecule has 3 nitrogen and oxygen atoms in total. The highest BCUT2D eigenvalue weighted by Gasteiger charge is 2.17. The summed E-state index contributed by atoms with van der Waals surface area (Å²) in [5.41, 5.74) is 8.50. The zero-order valence-corrected chi connectivity index (χ0v) is 10.1. The van der Waals surface area contributed by atoms with Crippen molar-refractivity contribution >= 4 is 0 Å². The fraction of sp³-hybridized carbons (Fsp3) is 0.692. The summed E-state index contributed by atoms with van der Waals surface area (Å²) in [5.74, 6) is 0.995. The lowest BCUT2D eigenvalue weighted by atomic mass is 10.1. The molecule has 1 atom stereocenters. The van der Waals surface area contributed by atoms with Crippen molar-refractivity contribution < 1.29 is 0 Å². The molecular weight excluding hydrogens is 198 g/mol. The van der Waals surface area contributed by atoms with Crippen LogP contribution in [0.5, 0.6) is 0 Å². The van der Waals surface area contributed by atoms with Crippen LogP contribution < -0.4 is 5.73 Å². The van der Waals surface area contributed by atoms with Gasteiger partial charge in [0.2, 0.25) is 0 Å². The smallest absolute Gasteiger partial charge is 0.128 e. The van der Waals surface area contributed by atoms with Crippen molar-refractivity contribution in [3.63, 3.8) is 0 Å². The van der Waals surface area contributed by atoms with Crippen molar-refractivity contribution in [3.05, 3.63) is 23.3 Å². The molecule has 0 spiro atoms. The second-order valence-electron chi connectivity index (χ2n) is 4.64. The van der Waals surface area contributed by atoms with Crippen LogP contribution in [0.15, 0.2) is 6.20 Å².